The van der Waals surface area contributed by atoms with E-state index in [0.29, 0.717) is 17.1 Å². The molecular weight excluding hydrogens is 589 g/mol. The number of likely N-dealkylation sites (N-methyl/N-ethyl adjacent to an activating group) is 1. The number of carbonyl (C=O) groups excluding carboxylic acids is 2. The summed E-state index contributed by atoms with van der Waals surface area (Å²) in [5.41, 5.74) is 2.70. The van der Waals surface area contributed by atoms with Crippen molar-refractivity contribution in [1.29, 1.82) is 0 Å². The molecule has 0 spiro atoms. The van der Waals surface area contributed by atoms with Crippen molar-refractivity contribution in [3.8, 4) is 0 Å². The Labute approximate surface area is 257 Å². The van der Waals surface area contributed by atoms with E-state index in [0.717, 1.165) is 39.7 Å². The van der Waals surface area contributed by atoms with E-state index in [4.69, 9.17) is 11.6 Å². The van der Waals surface area contributed by atoms with Gasteiger partial charge in [0.25, 0.3) is 10.0 Å². The van der Waals surface area contributed by atoms with Crippen molar-refractivity contribution in [2.75, 3.05) is 17.4 Å². The minimum absolute atomic E-state index is 0.0307. The quantitative estimate of drug-likeness (QED) is 0.218. The topological polar surface area (TPSA) is 86.8 Å². The highest BCUT2D eigenvalue weighted by atomic mass is 35.5. The van der Waals surface area contributed by atoms with E-state index in [2.05, 4.69) is 5.32 Å². The standard InChI is InChI=1S/C33H33ClFN3O4S/c1-3-36-33(40)31(21-25-7-5-4-6-8-25)37(22-26-11-13-27(34)14-12-26)32(39)23-38(29-17-9-24(2)10-18-29)43(41,42)30-19-15-28(35)16-20-30/h4-20,31H,3,21-23H2,1-2H3,(H,36,40)/t31-/m1/s1. The molecule has 4 aromatic rings. The molecule has 1 atom stereocenters. The third-order valence-corrected chi connectivity index (χ3v) is 8.93. The van der Waals surface area contributed by atoms with Crippen molar-refractivity contribution in [3.05, 3.63) is 131 Å². The van der Waals surface area contributed by atoms with E-state index >= 15 is 0 Å². The average Bonchev–Trinajstić information content (AvgIpc) is 3.00. The number of rotatable bonds is 12. The highest BCUT2D eigenvalue weighted by Crippen LogP contribution is 2.26. The molecule has 0 aliphatic heterocycles. The van der Waals surface area contributed by atoms with E-state index in [1.165, 1.54) is 4.90 Å². The van der Waals surface area contributed by atoms with Crippen LogP contribution in [0, 0.1) is 12.7 Å². The van der Waals surface area contributed by atoms with Crippen LogP contribution < -0.4 is 9.62 Å². The lowest BCUT2D eigenvalue weighted by atomic mass is 10.0. The van der Waals surface area contributed by atoms with Gasteiger partial charge in [0, 0.05) is 24.5 Å². The summed E-state index contributed by atoms with van der Waals surface area (Å²) >= 11 is 6.10. The first-order valence-corrected chi connectivity index (χ1v) is 15.6. The maximum atomic E-state index is 14.3. The number of sulfonamides is 1. The molecule has 4 rings (SSSR count). The Bertz CT molecular complexity index is 1630. The van der Waals surface area contributed by atoms with Crippen molar-refractivity contribution < 1.29 is 22.4 Å². The second-order valence-electron chi connectivity index (χ2n) is 10.0. The fraction of sp³-hybridized carbons (Fsp3) is 0.212. The summed E-state index contributed by atoms with van der Waals surface area (Å²) in [4.78, 5) is 29.0. The number of anilines is 1. The Hall–Kier alpha value is -4.21. The van der Waals surface area contributed by atoms with Crippen molar-refractivity contribution in [1.82, 2.24) is 10.2 Å². The van der Waals surface area contributed by atoms with Crippen molar-refractivity contribution in [2.45, 2.75) is 37.8 Å². The molecule has 0 saturated carbocycles. The molecule has 0 saturated heterocycles. The van der Waals surface area contributed by atoms with Gasteiger partial charge in [0.05, 0.1) is 10.6 Å². The molecule has 0 bridgehead atoms. The molecule has 0 unspecified atom stereocenters. The first kappa shape index (κ1) is 31.7. The molecule has 43 heavy (non-hydrogen) atoms. The van der Waals surface area contributed by atoms with E-state index in [-0.39, 0.29) is 29.5 Å². The molecule has 1 N–H and O–H groups in total. The second-order valence-corrected chi connectivity index (χ2v) is 12.3. The van der Waals surface area contributed by atoms with Gasteiger partial charge >= 0.3 is 0 Å². The molecule has 2 amide bonds. The van der Waals surface area contributed by atoms with Crippen molar-refractivity contribution in [2.24, 2.45) is 0 Å². The highest BCUT2D eigenvalue weighted by Gasteiger charge is 2.34. The molecule has 4 aromatic carbocycles. The third kappa shape index (κ3) is 8.21. The summed E-state index contributed by atoms with van der Waals surface area (Å²) in [7, 11) is -4.30. The lowest BCUT2D eigenvalue weighted by molar-refractivity contribution is -0.140. The fourth-order valence-corrected chi connectivity index (χ4v) is 6.15. The average molecular weight is 622 g/mol. The zero-order valence-electron chi connectivity index (χ0n) is 23.9. The van der Waals surface area contributed by atoms with Crippen LogP contribution in [0.15, 0.2) is 108 Å². The van der Waals surface area contributed by atoms with Crippen LogP contribution in [-0.2, 0) is 32.6 Å². The number of amides is 2. The molecule has 0 aliphatic rings. The maximum absolute atomic E-state index is 14.3. The van der Waals surface area contributed by atoms with Gasteiger partial charge in [-0.25, -0.2) is 12.8 Å². The minimum atomic E-state index is -4.30. The van der Waals surface area contributed by atoms with Gasteiger partial charge in [-0.05, 0) is 73.5 Å². The zero-order chi connectivity index (χ0) is 31.0. The van der Waals surface area contributed by atoms with Crippen LogP contribution in [0.25, 0.3) is 0 Å². The lowest BCUT2D eigenvalue weighted by Crippen LogP contribution is -2.53. The van der Waals surface area contributed by atoms with Crippen LogP contribution in [0.3, 0.4) is 0 Å². The number of benzene rings is 4. The second kappa shape index (κ2) is 14.3. The molecule has 0 radical (unpaired) electrons. The molecular formula is C33H33ClFN3O4S. The third-order valence-electron chi connectivity index (χ3n) is 6.89. The number of nitrogens with one attached hydrogen (secondary N) is 1. The summed E-state index contributed by atoms with van der Waals surface area (Å²) < 4.78 is 42.5. The summed E-state index contributed by atoms with van der Waals surface area (Å²) in [6.45, 7) is 3.44. The number of halogens is 2. The van der Waals surface area contributed by atoms with Crippen molar-refractivity contribution >= 4 is 39.1 Å². The largest absolute Gasteiger partial charge is 0.355 e. The van der Waals surface area contributed by atoms with Crippen molar-refractivity contribution in [3.63, 3.8) is 0 Å². The molecule has 0 aliphatic carbocycles. The van der Waals surface area contributed by atoms with Gasteiger partial charge in [-0.3, -0.25) is 13.9 Å². The predicted octanol–water partition coefficient (Wildman–Crippen LogP) is 5.76. The van der Waals surface area contributed by atoms with Crippen LogP contribution in [-0.4, -0.2) is 44.3 Å². The Morgan fingerprint density at radius 2 is 1.49 bits per heavy atom. The SMILES string of the molecule is CCNC(=O)[C@@H](Cc1ccccc1)N(Cc1ccc(Cl)cc1)C(=O)CN(c1ccc(C)cc1)S(=O)(=O)c1ccc(F)cc1. The lowest BCUT2D eigenvalue weighted by Gasteiger charge is -2.34. The highest BCUT2D eigenvalue weighted by molar-refractivity contribution is 7.92. The molecule has 0 heterocycles. The number of aryl methyl sites for hydroxylation is 1. The van der Waals surface area contributed by atoms with Gasteiger partial charge in [0.1, 0.15) is 18.4 Å². The summed E-state index contributed by atoms with van der Waals surface area (Å²) in [6, 6.07) is 26.4. The van der Waals surface area contributed by atoms with E-state index in [1.807, 2.05) is 37.3 Å². The predicted molar refractivity (Wildman–Crippen MR) is 167 cm³/mol. The molecule has 7 nitrogen and oxygen atoms in total. The number of nitrogens with zero attached hydrogens (tertiary/aromatic N) is 2. The van der Waals surface area contributed by atoms with Crippen LogP contribution in [0.5, 0.6) is 0 Å². The van der Waals surface area contributed by atoms with Gasteiger partial charge in [0.15, 0.2) is 0 Å². The van der Waals surface area contributed by atoms with Gasteiger partial charge in [0.2, 0.25) is 11.8 Å². The van der Waals surface area contributed by atoms with E-state index in [1.54, 1.807) is 55.5 Å². The van der Waals surface area contributed by atoms with Crippen LogP contribution >= 0.6 is 11.6 Å². The summed E-state index contributed by atoms with van der Waals surface area (Å²) in [6.07, 6.45) is 0.210. The molecule has 224 valence electrons. The van der Waals surface area contributed by atoms with Gasteiger partial charge < -0.3 is 10.2 Å². The zero-order valence-corrected chi connectivity index (χ0v) is 25.5. The molecule has 0 fully saturated rings. The van der Waals surface area contributed by atoms with Gasteiger partial charge in [-0.2, -0.15) is 0 Å². The maximum Gasteiger partial charge on any atom is 0.264 e. The number of hydrogen-bond donors (Lipinski definition) is 1. The van der Waals surface area contributed by atoms with Crippen LogP contribution in [0.2, 0.25) is 5.02 Å². The van der Waals surface area contributed by atoms with E-state index < -0.39 is 34.3 Å². The Morgan fingerprint density at radius 1 is 0.860 bits per heavy atom. The Balaban J connectivity index is 1.78. The first-order chi connectivity index (χ1) is 20.6. The van der Waals surface area contributed by atoms with E-state index in [9.17, 15) is 22.4 Å². The Morgan fingerprint density at radius 3 is 2.09 bits per heavy atom. The summed E-state index contributed by atoms with van der Waals surface area (Å²) in [5, 5.41) is 3.34. The first-order valence-electron chi connectivity index (χ1n) is 13.8. The van der Waals surface area contributed by atoms with Gasteiger partial charge in [-0.1, -0.05) is 71.8 Å². The molecule has 0 aromatic heterocycles. The smallest absolute Gasteiger partial charge is 0.264 e. The number of hydrogen-bond acceptors (Lipinski definition) is 4. The fourth-order valence-electron chi connectivity index (χ4n) is 4.61. The van der Waals surface area contributed by atoms with Crippen LogP contribution in [0.1, 0.15) is 23.6 Å². The minimum Gasteiger partial charge on any atom is -0.355 e. The normalized spacial score (nSPS) is 11.9. The monoisotopic (exact) mass is 621 g/mol. The Kier molecular flexibility index (Phi) is 10.6. The number of carbonyl (C=O) groups is 2. The summed E-state index contributed by atoms with van der Waals surface area (Å²) in [5.74, 6) is -1.54. The van der Waals surface area contributed by atoms with Gasteiger partial charge in [-0.15, -0.1) is 0 Å². The molecule has 10 heteroatoms. The van der Waals surface area contributed by atoms with Crippen LogP contribution in [0.4, 0.5) is 10.1 Å².